The van der Waals surface area contributed by atoms with Crippen molar-refractivity contribution in [1.82, 2.24) is 14.9 Å². The summed E-state index contributed by atoms with van der Waals surface area (Å²) >= 11 is 0. The molecule has 0 saturated carbocycles. The summed E-state index contributed by atoms with van der Waals surface area (Å²) in [7, 11) is 0. The third-order valence-electron chi connectivity index (χ3n) is 5.11. The number of carbonyl (C=O) groups excluding carboxylic acids is 1. The van der Waals surface area contributed by atoms with E-state index < -0.39 is 0 Å². The third kappa shape index (κ3) is 2.56. The summed E-state index contributed by atoms with van der Waals surface area (Å²) in [6, 6.07) is 8.37. The Kier molecular flexibility index (Phi) is 3.47. The van der Waals surface area contributed by atoms with Gasteiger partial charge in [0.05, 0.1) is 5.69 Å². The molecular weight excluding hydrogens is 286 g/mol. The van der Waals surface area contributed by atoms with E-state index in [4.69, 9.17) is 4.98 Å². The summed E-state index contributed by atoms with van der Waals surface area (Å²) in [6.07, 6.45) is 2.64. The summed E-state index contributed by atoms with van der Waals surface area (Å²) in [5.41, 5.74) is 4.93. The van der Waals surface area contributed by atoms with Gasteiger partial charge < -0.3 is 9.88 Å². The van der Waals surface area contributed by atoms with E-state index in [1.165, 1.54) is 22.5 Å². The number of amides is 1. The zero-order valence-electron chi connectivity index (χ0n) is 13.8. The van der Waals surface area contributed by atoms with Crippen molar-refractivity contribution in [3.8, 4) is 0 Å². The number of aryl methyl sites for hydroxylation is 1. The number of aromatic nitrogens is 2. The lowest BCUT2D eigenvalue weighted by Gasteiger charge is -2.25. The first kappa shape index (κ1) is 14.5. The third-order valence-corrected chi connectivity index (χ3v) is 5.11. The largest absolute Gasteiger partial charge is 0.345 e. The van der Waals surface area contributed by atoms with Crippen LogP contribution in [0.5, 0.6) is 0 Å². The molecule has 4 heteroatoms. The molecule has 1 aromatic heterocycles. The fraction of sp³-hybridized carbons (Fsp3) is 0.474. The number of hydrogen-bond donors (Lipinski definition) is 1. The minimum atomic E-state index is 0.0947. The van der Waals surface area contributed by atoms with Crippen molar-refractivity contribution in [2.75, 3.05) is 0 Å². The summed E-state index contributed by atoms with van der Waals surface area (Å²) in [5, 5.41) is 0. The minimum Gasteiger partial charge on any atom is -0.345 e. The number of aromatic amines is 1. The Balaban J connectivity index is 1.48. The molecule has 120 valence electrons. The number of H-pyrrole nitrogens is 1. The quantitative estimate of drug-likeness (QED) is 0.926. The smallest absolute Gasteiger partial charge is 0.226 e. The monoisotopic (exact) mass is 309 g/mol. The first-order chi connectivity index (χ1) is 11.1. The SMILES string of the molecule is CC(C)c1nc2c([nH]1)C[C@H](C(=O)N1Cc3ccccc3C1)CC2. The maximum Gasteiger partial charge on any atom is 0.226 e. The summed E-state index contributed by atoms with van der Waals surface area (Å²) in [5.74, 6) is 1.85. The fourth-order valence-electron chi connectivity index (χ4n) is 3.73. The van der Waals surface area contributed by atoms with Crippen LogP contribution in [0.4, 0.5) is 0 Å². The zero-order valence-corrected chi connectivity index (χ0v) is 13.8. The molecule has 1 aliphatic carbocycles. The Morgan fingerprint density at radius 3 is 2.61 bits per heavy atom. The standard InChI is InChI=1S/C19H23N3O/c1-12(2)18-20-16-8-7-13(9-17(16)21-18)19(23)22-10-14-5-3-4-6-15(14)11-22/h3-6,12-13H,7-11H2,1-2H3,(H,20,21)/t13-/m1/s1. The number of rotatable bonds is 2. The predicted molar refractivity (Wildman–Crippen MR) is 88.9 cm³/mol. The highest BCUT2D eigenvalue weighted by atomic mass is 16.2. The Morgan fingerprint density at radius 1 is 1.26 bits per heavy atom. The second-order valence-electron chi connectivity index (χ2n) is 7.10. The van der Waals surface area contributed by atoms with Crippen LogP contribution in [0.25, 0.3) is 0 Å². The van der Waals surface area contributed by atoms with Crippen LogP contribution >= 0.6 is 0 Å². The normalized spacial score (nSPS) is 19.8. The van der Waals surface area contributed by atoms with Crippen molar-refractivity contribution in [2.24, 2.45) is 5.92 Å². The molecule has 1 N–H and O–H groups in total. The van der Waals surface area contributed by atoms with Crippen molar-refractivity contribution in [3.63, 3.8) is 0 Å². The number of carbonyl (C=O) groups is 1. The average Bonchev–Trinajstić information content (AvgIpc) is 3.17. The van der Waals surface area contributed by atoms with E-state index in [1.807, 2.05) is 4.90 Å². The minimum absolute atomic E-state index is 0.0947. The van der Waals surface area contributed by atoms with Crippen LogP contribution in [0, 0.1) is 5.92 Å². The second kappa shape index (κ2) is 5.52. The summed E-state index contributed by atoms with van der Waals surface area (Å²) in [6.45, 7) is 5.82. The topological polar surface area (TPSA) is 49.0 Å². The highest BCUT2D eigenvalue weighted by Gasteiger charge is 2.32. The fourth-order valence-corrected chi connectivity index (χ4v) is 3.73. The molecule has 0 fully saturated rings. The van der Waals surface area contributed by atoms with Crippen molar-refractivity contribution in [1.29, 1.82) is 0 Å². The first-order valence-corrected chi connectivity index (χ1v) is 8.55. The molecule has 4 rings (SSSR count). The van der Waals surface area contributed by atoms with E-state index in [1.54, 1.807) is 0 Å². The molecule has 2 aliphatic rings. The molecule has 2 aromatic rings. The molecule has 0 saturated heterocycles. The molecule has 0 spiro atoms. The number of fused-ring (bicyclic) bond motifs is 2. The Morgan fingerprint density at radius 2 is 1.96 bits per heavy atom. The molecule has 2 heterocycles. The number of nitrogens with one attached hydrogen (secondary N) is 1. The van der Waals surface area contributed by atoms with Gasteiger partial charge in [-0.05, 0) is 24.0 Å². The molecular formula is C19H23N3O. The number of imidazole rings is 1. The molecule has 4 nitrogen and oxygen atoms in total. The van der Waals surface area contributed by atoms with Crippen LogP contribution in [0.2, 0.25) is 0 Å². The molecule has 1 aromatic carbocycles. The van der Waals surface area contributed by atoms with Crippen LogP contribution < -0.4 is 0 Å². The van der Waals surface area contributed by atoms with Gasteiger partial charge in [-0.15, -0.1) is 0 Å². The van der Waals surface area contributed by atoms with E-state index in [0.29, 0.717) is 11.8 Å². The second-order valence-corrected chi connectivity index (χ2v) is 7.10. The van der Waals surface area contributed by atoms with E-state index in [-0.39, 0.29) is 5.92 Å². The van der Waals surface area contributed by atoms with Gasteiger partial charge in [0.15, 0.2) is 0 Å². The highest BCUT2D eigenvalue weighted by Crippen LogP contribution is 2.30. The van der Waals surface area contributed by atoms with Gasteiger partial charge in [0, 0.05) is 37.0 Å². The van der Waals surface area contributed by atoms with Crippen LogP contribution in [0.15, 0.2) is 24.3 Å². The number of nitrogens with zero attached hydrogens (tertiary/aromatic N) is 2. The average molecular weight is 309 g/mol. The maximum absolute atomic E-state index is 12.9. The lowest BCUT2D eigenvalue weighted by atomic mass is 9.89. The molecule has 1 atom stereocenters. The van der Waals surface area contributed by atoms with Crippen LogP contribution in [0.1, 0.15) is 54.5 Å². The maximum atomic E-state index is 12.9. The van der Waals surface area contributed by atoms with Gasteiger partial charge in [-0.2, -0.15) is 0 Å². The highest BCUT2D eigenvalue weighted by molar-refractivity contribution is 5.80. The van der Waals surface area contributed by atoms with Crippen molar-refractivity contribution < 1.29 is 4.79 Å². The molecule has 0 bridgehead atoms. The molecule has 1 amide bonds. The van der Waals surface area contributed by atoms with Gasteiger partial charge in [0.2, 0.25) is 5.91 Å². The lowest BCUT2D eigenvalue weighted by Crippen LogP contribution is -2.35. The van der Waals surface area contributed by atoms with Crippen molar-refractivity contribution in [3.05, 3.63) is 52.6 Å². The van der Waals surface area contributed by atoms with E-state index >= 15 is 0 Å². The Labute approximate surface area is 136 Å². The predicted octanol–water partition coefficient (Wildman–Crippen LogP) is 3.18. The van der Waals surface area contributed by atoms with E-state index in [2.05, 4.69) is 43.1 Å². The van der Waals surface area contributed by atoms with Gasteiger partial charge in [-0.3, -0.25) is 4.79 Å². The van der Waals surface area contributed by atoms with Crippen LogP contribution in [0.3, 0.4) is 0 Å². The van der Waals surface area contributed by atoms with Crippen molar-refractivity contribution in [2.45, 2.75) is 52.1 Å². The van der Waals surface area contributed by atoms with E-state index in [9.17, 15) is 4.79 Å². The van der Waals surface area contributed by atoms with E-state index in [0.717, 1.165) is 38.2 Å². The molecule has 0 unspecified atom stereocenters. The van der Waals surface area contributed by atoms with Gasteiger partial charge >= 0.3 is 0 Å². The van der Waals surface area contributed by atoms with Gasteiger partial charge in [0.1, 0.15) is 5.82 Å². The van der Waals surface area contributed by atoms with Gasteiger partial charge in [0.25, 0.3) is 0 Å². The number of hydrogen-bond acceptors (Lipinski definition) is 2. The first-order valence-electron chi connectivity index (χ1n) is 8.55. The molecule has 1 aliphatic heterocycles. The Bertz CT molecular complexity index is 722. The Hall–Kier alpha value is -2.10. The van der Waals surface area contributed by atoms with Gasteiger partial charge in [-0.1, -0.05) is 38.1 Å². The summed E-state index contributed by atoms with van der Waals surface area (Å²) < 4.78 is 0. The summed E-state index contributed by atoms with van der Waals surface area (Å²) in [4.78, 5) is 23.1. The number of benzene rings is 1. The van der Waals surface area contributed by atoms with Crippen LogP contribution in [-0.2, 0) is 30.7 Å². The van der Waals surface area contributed by atoms with Crippen molar-refractivity contribution >= 4 is 5.91 Å². The zero-order chi connectivity index (χ0) is 16.0. The lowest BCUT2D eigenvalue weighted by molar-refractivity contribution is -0.136. The molecule has 0 radical (unpaired) electrons. The van der Waals surface area contributed by atoms with Crippen LogP contribution in [-0.4, -0.2) is 20.8 Å². The molecule has 23 heavy (non-hydrogen) atoms. The van der Waals surface area contributed by atoms with Gasteiger partial charge in [-0.25, -0.2) is 4.98 Å².